The summed E-state index contributed by atoms with van der Waals surface area (Å²) in [4.78, 5) is 35.5. The minimum atomic E-state index is -0.610. The Morgan fingerprint density at radius 2 is 1.76 bits per heavy atom. The molecule has 1 aromatic carbocycles. The number of carbonyl (C=O) groups is 2. The van der Waals surface area contributed by atoms with Crippen molar-refractivity contribution in [2.75, 3.05) is 12.8 Å². The van der Waals surface area contributed by atoms with Crippen LogP contribution in [0.5, 0.6) is 5.75 Å². The van der Waals surface area contributed by atoms with Crippen LogP contribution in [0.15, 0.2) is 35.1 Å². The first-order valence-electron chi connectivity index (χ1n) is 6.08. The van der Waals surface area contributed by atoms with E-state index in [2.05, 4.69) is 5.32 Å². The van der Waals surface area contributed by atoms with Crippen molar-refractivity contribution < 1.29 is 14.3 Å². The van der Waals surface area contributed by atoms with E-state index in [0.717, 1.165) is 6.07 Å². The van der Waals surface area contributed by atoms with Gasteiger partial charge in [-0.2, -0.15) is 0 Å². The molecule has 3 rings (SSSR count). The molecule has 2 heterocycles. The highest BCUT2D eigenvalue weighted by Crippen LogP contribution is 2.23. The predicted octanol–water partition coefficient (Wildman–Crippen LogP) is 0.312. The van der Waals surface area contributed by atoms with Crippen LogP contribution in [0.1, 0.15) is 20.7 Å². The molecule has 1 aromatic heterocycles. The highest BCUT2D eigenvalue weighted by Gasteiger charge is 2.31. The zero-order valence-electron chi connectivity index (χ0n) is 11.0. The predicted molar refractivity (Wildman–Crippen MR) is 74.8 cm³/mol. The molecule has 7 heteroatoms. The summed E-state index contributed by atoms with van der Waals surface area (Å²) >= 11 is 0. The van der Waals surface area contributed by atoms with Gasteiger partial charge < -0.3 is 10.5 Å². The van der Waals surface area contributed by atoms with Crippen LogP contribution < -0.4 is 21.3 Å². The number of imide groups is 1. The Balaban J connectivity index is 2.24. The number of fused-ring (bicyclic) bond motifs is 1. The normalized spacial score (nSPS) is 13.0. The number of hydrogen-bond acceptors (Lipinski definition) is 5. The van der Waals surface area contributed by atoms with Crippen LogP contribution in [0.2, 0.25) is 0 Å². The summed E-state index contributed by atoms with van der Waals surface area (Å²) in [5.74, 6) is -0.652. The van der Waals surface area contributed by atoms with Gasteiger partial charge in [-0.1, -0.05) is 0 Å². The van der Waals surface area contributed by atoms with Gasteiger partial charge in [-0.25, -0.2) is 0 Å². The van der Waals surface area contributed by atoms with Crippen LogP contribution in [0, 0.1) is 0 Å². The Bertz CT molecular complexity index is 821. The molecule has 3 N–H and O–H groups in total. The van der Waals surface area contributed by atoms with Crippen molar-refractivity contribution in [3.05, 3.63) is 51.8 Å². The number of nitrogens with two attached hydrogens (primary N) is 1. The average Bonchev–Trinajstić information content (AvgIpc) is 2.74. The van der Waals surface area contributed by atoms with E-state index < -0.39 is 17.4 Å². The number of benzene rings is 1. The molecular weight excluding hydrogens is 274 g/mol. The molecule has 0 saturated heterocycles. The van der Waals surface area contributed by atoms with Gasteiger partial charge in [0.2, 0.25) is 0 Å². The monoisotopic (exact) mass is 285 g/mol. The maximum Gasteiger partial charge on any atom is 0.262 e. The third-order valence-electron chi connectivity index (χ3n) is 3.28. The second kappa shape index (κ2) is 4.48. The standard InChI is InChI=1S/C14H11N3O4/c1-21-8-4-2-7(3-5-8)17-10(18)6-9-11(12(17)15)14(20)16-13(9)19/h2-6H,15H2,1H3,(H,16,19,20). The van der Waals surface area contributed by atoms with Gasteiger partial charge in [-0.3, -0.25) is 24.3 Å². The van der Waals surface area contributed by atoms with Gasteiger partial charge in [0.25, 0.3) is 17.4 Å². The van der Waals surface area contributed by atoms with E-state index in [1.165, 1.54) is 11.7 Å². The molecule has 21 heavy (non-hydrogen) atoms. The number of pyridine rings is 1. The van der Waals surface area contributed by atoms with Crippen LogP contribution in [-0.4, -0.2) is 23.5 Å². The molecule has 1 aliphatic rings. The van der Waals surface area contributed by atoms with E-state index in [9.17, 15) is 14.4 Å². The Morgan fingerprint density at radius 1 is 1.10 bits per heavy atom. The topological polar surface area (TPSA) is 103 Å². The smallest absolute Gasteiger partial charge is 0.262 e. The summed E-state index contributed by atoms with van der Waals surface area (Å²) < 4.78 is 6.22. The van der Waals surface area contributed by atoms with Crippen molar-refractivity contribution in [2.24, 2.45) is 0 Å². The molecule has 0 atom stereocenters. The first-order valence-corrected chi connectivity index (χ1v) is 6.08. The Hall–Kier alpha value is -3.09. The number of carbonyl (C=O) groups excluding carboxylic acids is 2. The van der Waals surface area contributed by atoms with Crippen LogP contribution in [0.4, 0.5) is 5.82 Å². The van der Waals surface area contributed by atoms with E-state index >= 15 is 0 Å². The second-order valence-electron chi connectivity index (χ2n) is 4.47. The number of nitrogen functional groups attached to an aromatic ring is 1. The van der Waals surface area contributed by atoms with Gasteiger partial charge >= 0.3 is 0 Å². The average molecular weight is 285 g/mol. The fourth-order valence-electron chi connectivity index (χ4n) is 2.28. The van der Waals surface area contributed by atoms with Crippen molar-refractivity contribution in [3.8, 4) is 11.4 Å². The third kappa shape index (κ3) is 1.86. The third-order valence-corrected chi connectivity index (χ3v) is 3.28. The molecule has 0 unspecified atom stereocenters. The van der Waals surface area contributed by atoms with Crippen molar-refractivity contribution in [1.82, 2.24) is 9.88 Å². The summed E-state index contributed by atoms with van der Waals surface area (Å²) in [6, 6.07) is 7.71. The van der Waals surface area contributed by atoms with E-state index in [1.54, 1.807) is 24.3 Å². The SMILES string of the molecule is COc1ccc(-n2c(N)c3c(cc2=O)C(=O)NC3=O)cc1. The molecule has 1 aliphatic heterocycles. The fraction of sp³-hybridized carbons (Fsp3) is 0.0714. The van der Waals surface area contributed by atoms with Crippen molar-refractivity contribution in [1.29, 1.82) is 0 Å². The first kappa shape index (κ1) is 12.9. The number of aromatic nitrogens is 1. The summed E-state index contributed by atoms with van der Waals surface area (Å²) in [5, 5.41) is 2.12. The van der Waals surface area contributed by atoms with E-state index in [1.807, 2.05) is 0 Å². The summed E-state index contributed by atoms with van der Waals surface area (Å²) in [7, 11) is 1.53. The Labute approximate surface area is 118 Å². The lowest BCUT2D eigenvalue weighted by molar-refractivity contribution is 0.0880. The Morgan fingerprint density at radius 3 is 2.38 bits per heavy atom. The van der Waals surface area contributed by atoms with Gasteiger partial charge in [0.15, 0.2) is 0 Å². The number of hydrogen-bond donors (Lipinski definition) is 2. The number of anilines is 1. The van der Waals surface area contributed by atoms with Crippen LogP contribution in [-0.2, 0) is 0 Å². The molecule has 2 amide bonds. The quantitative estimate of drug-likeness (QED) is 0.773. The minimum Gasteiger partial charge on any atom is -0.497 e. The van der Waals surface area contributed by atoms with Crippen molar-refractivity contribution in [3.63, 3.8) is 0 Å². The van der Waals surface area contributed by atoms with Gasteiger partial charge in [-0.15, -0.1) is 0 Å². The number of nitrogens with zero attached hydrogens (tertiary/aromatic N) is 1. The number of rotatable bonds is 2. The molecule has 0 fully saturated rings. The highest BCUT2D eigenvalue weighted by molar-refractivity contribution is 6.23. The van der Waals surface area contributed by atoms with Crippen molar-refractivity contribution >= 4 is 17.6 Å². The van der Waals surface area contributed by atoms with Crippen LogP contribution in [0.25, 0.3) is 5.69 Å². The fourth-order valence-corrected chi connectivity index (χ4v) is 2.28. The number of nitrogens with one attached hydrogen (secondary N) is 1. The number of methoxy groups -OCH3 is 1. The molecule has 0 radical (unpaired) electrons. The lowest BCUT2D eigenvalue weighted by Gasteiger charge is -2.12. The highest BCUT2D eigenvalue weighted by atomic mass is 16.5. The van der Waals surface area contributed by atoms with E-state index in [0.29, 0.717) is 11.4 Å². The number of ether oxygens (including phenoxy) is 1. The lowest BCUT2D eigenvalue weighted by Crippen LogP contribution is -2.24. The maximum atomic E-state index is 12.2. The van der Waals surface area contributed by atoms with Gasteiger partial charge in [0, 0.05) is 6.07 Å². The summed E-state index contributed by atoms with van der Waals surface area (Å²) in [6.45, 7) is 0. The first-order chi connectivity index (χ1) is 10.0. The molecule has 106 valence electrons. The molecule has 0 aliphatic carbocycles. The van der Waals surface area contributed by atoms with E-state index in [-0.39, 0.29) is 16.9 Å². The Kier molecular flexibility index (Phi) is 2.76. The summed E-state index contributed by atoms with van der Waals surface area (Å²) in [5.41, 5.74) is 5.93. The molecule has 0 spiro atoms. The molecule has 0 saturated carbocycles. The largest absolute Gasteiger partial charge is 0.497 e. The van der Waals surface area contributed by atoms with Gasteiger partial charge in [0.1, 0.15) is 11.6 Å². The summed E-state index contributed by atoms with van der Waals surface area (Å²) in [6.07, 6.45) is 0. The van der Waals surface area contributed by atoms with Gasteiger partial charge in [-0.05, 0) is 24.3 Å². The maximum absolute atomic E-state index is 12.2. The van der Waals surface area contributed by atoms with Crippen molar-refractivity contribution in [2.45, 2.75) is 0 Å². The minimum absolute atomic E-state index is 0.00672. The van der Waals surface area contributed by atoms with E-state index in [4.69, 9.17) is 10.5 Å². The number of amides is 2. The lowest BCUT2D eigenvalue weighted by atomic mass is 10.1. The molecule has 0 bridgehead atoms. The van der Waals surface area contributed by atoms with Crippen LogP contribution in [0.3, 0.4) is 0 Å². The molecular formula is C14H11N3O4. The zero-order chi connectivity index (χ0) is 15.1. The molecule has 2 aromatic rings. The zero-order valence-corrected chi connectivity index (χ0v) is 11.0. The molecule has 7 nitrogen and oxygen atoms in total. The van der Waals surface area contributed by atoms with Crippen LogP contribution >= 0.6 is 0 Å². The second-order valence-corrected chi connectivity index (χ2v) is 4.47. The van der Waals surface area contributed by atoms with Gasteiger partial charge in [0.05, 0.1) is 23.9 Å².